The quantitative estimate of drug-likeness (QED) is 0.417. The van der Waals surface area contributed by atoms with Gasteiger partial charge in [-0.2, -0.15) is 0 Å². The molecule has 38 heavy (non-hydrogen) atoms. The van der Waals surface area contributed by atoms with Gasteiger partial charge in [-0.25, -0.2) is 0 Å². The van der Waals surface area contributed by atoms with Gasteiger partial charge >= 0.3 is 0 Å². The number of rotatable bonds is 6. The predicted molar refractivity (Wildman–Crippen MR) is 145 cm³/mol. The van der Waals surface area contributed by atoms with Gasteiger partial charge in [0.2, 0.25) is 5.91 Å². The van der Waals surface area contributed by atoms with Gasteiger partial charge in [0.05, 0.1) is 26.5 Å². The van der Waals surface area contributed by atoms with E-state index in [9.17, 15) is 9.59 Å². The number of benzene rings is 3. The molecule has 1 aromatic heterocycles. The van der Waals surface area contributed by atoms with Crippen molar-refractivity contribution < 1.29 is 19.1 Å². The van der Waals surface area contributed by atoms with Crippen LogP contribution >= 0.6 is 0 Å². The molecule has 2 unspecified atom stereocenters. The smallest absolute Gasteiger partial charge is 0.254 e. The summed E-state index contributed by atoms with van der Waals surface area (Å²) in [6.45, 7) is 2.83. The molecule has 6 rings (SSSR count). The average molecular weight is 510 g/mol. The molecule has 7 nitrogen and oxygen atoms in total. The summed E-state index contributed by atoms with van der Waals surface area (Å²) < 4.78 is 11.0. The fourth-order valence-corrected chi connectivity index (χ4v) is 6.15. The van der Waals surface area contributed by atoms with E-state index in [-0.39, 0.29) is 24.3 Å². The lowest BCUT2D eigenvalue weighted by Gasteiger charge is -2.51. The van der Waals surface area contributed by atoms with Gasteiger partial charge in [-0.15, -0.1) is 0 Å². The summed E-state index contributed by atoms with van der Waals surface area (Å²) in [5, 5.41) is 1.06. The molecule has 2 atom stereocenters. The van der Waals surface area contributed by atoms with Crippen molar-refractivity contribution in [2.45, 2.75) is 24.8 Å². The lowest BCUT2D eigenvalue weighted by molar-refractivity contribution is -0.166. The maximum Gasteiger partial charge on any atom is 0.254 e. The van der Waals surface area contributed by atoms with E-state index in [1.165, 1.54) is 0 Å². The molecule has 7 heteroatoms. The minimum absolute atomic E-state index is 0.0500. The minimum atomic E-state index is -1.12. The summed E-state index contributed by atoms with van der Waals surface area (Å²) in [5.41, 5.74) is 3.77. The zero-order chi connectivity index (χ0) is 26.4. The summed E-state index contributed by atoms with van der Waals surface area (Å²) in [6, 6.07) is 23.9. The number of ether oxygens (including phenoxy) is 2. The van der Waals surface area contributed by atoms with Gasteiger partial charge in [-0.1, -0.05) is 48.5 Å². The van der Waals surface area contributed by atoms with Crippen LogP contribution in [0.1, 0.15) is 35.2 Å². The third-order valence-electron chi connectivity index (χ3n) is 8.16. The summed E-state index contributed by atoms with van der Waals surface area (Å²) >= 11 is 0. The van der Waals surface area contributed by atoms with E-state index in [1.807, 2.05) is 67.6 Å². The largest absolute Gasteiger partial charge is 0.497 e. The van der Waals surface area contributed by atoms with E-state index in [1.54, 1.807) is 24.0 Å². The van der Waals surface area contributed by atoms with E-state index in [0.717, 1.165) is 44.8 Å². The van der Waals surface area contributed by atoms with Crippen molar-refractivity contribution in [2.75, 3.05) is 33.9 Å². The molecule has 0 radical (unpaired) electrons. The second-order valence-corrected chi connectivity index (χ2v) is 10.2. The monoisotopic (exact) mass is 509 g/mol. The Bertz CT molecular complexity index is 1530. The van der Waals surface area contributed by atoms with Crippen LogP contribution in [0.3, 0.4) is 0 Å². The number of carbonyl (C=O) groups is 2. The van der Waals surface area contributed by atoms with Crippen LogP contribution in [0.25, 0.3) is 10.9 Å². The van der Waals surface area contributed by atoms with Crippen LogP contribution in [0.2, 0.25) is 0 Å². The van der Waals surface area contributed by atoms with Gasteiger partial charge in [0.1, 0.15) is 11.5 Å². The predicted octanol–water partition coefficient (Wildman–Crippen LogP) is 4.46. The highest BCUT2D eigenvalue weighted by atomic mass is 16.5. The molecule has 3 heterocycles. The van der Waals surface area contributed by atoms with Gasteiger partial charge in [-0.05, 0) is 48.7 Å². The number of methoxy groups -OCH3 is 2. The summed E-state index contributed by atoms with van der Waals surface area (Å²) in [4.78, 5) is 35.0. The molecular weight excluding hydrogens is 478 g/mol. The molecule has 0 saturated carbocycles. The number of para-hydroxylation sites is 2. The third-order valence-corrected chi connectivity index (χ3v) is 8.16. The maximum absolute atomic E-state index is 14.2. The van der Waals surface area contributed by atoms with E-state index < -0.39 is 5.54 Å². The van der Waals surface area contributed by atoms with Gasteiger partial charge in [0.25, 0.3) is 5.91 Å². The number of nitrogens with zero attached hydrogens (tertiary/aromatic N) is 2. The number of fused-ring (bicyclic) bond motifs is 5. The first kappa shape index (κ1) is 24.1. The Morgan fingerprint density at radius 1 is 0.947 bits per heavy atom. The Morgan fingerprint density at radius 3 is 2.45 bits per heavy atom. The van der Waals surface area contributed by atoms with Crippen molar-refractivity contribution in [1.82, 2.24) is 14.8 Å². The SMILES string of the molecule is COc1ccc(CCN2CC(=O)N3CC(c4ccccc4OC)c4c([nH]c5ccccc45)C3(C)C2=O)cc1. The van der Waals surface area contributed by atoms with E-state index >= 15 is 0 Å². The highest BCUT2D eigenvalue weighted by Gasteiger charge is 2.56. The molecule has 2 amide bonds. The molecule has 2 aliphatic heterocycles. The van der Waals surface area contributed by atoms with Crippen molar-refractivity contribution in [1.29, 1.82) is 0 Å². The first-order chi connectivity index (χ1) is 18.5. The van der Waals surface area contributed by atoms with Crippen molar-refractivity contribution in [3.63, 3.8) is 0 Å². The number of aromatic amines is 1. The topological polar surface area (TPSA) is 74.9 Å². The zero-order valence-corrected chi connectivity index (χ0v) is 21.9. The van der Waals surface area contributed by atoms with Crippen LogP contribution in [0, 0.1) is 0 Å². The van der Waals surface area contributed by atoms with Crippen molar-refractivity contribution in [3.05, 3.63) is 95.2 Å². The molecule has 4 aromatic rings. The van der Waals surface area contributed by atoms with E-state index in [4.69, 9.17) is 9.47 Å². The Labute approximate surface area is 222 Å². The molecule has 3 aromatic carbocycles. The molecule has 0 spiro atoms. The lowest BCUT2D eigenvalue weighted by atomic mass is 9.76. The highest BCUT2D eigenvalue weighted by molar-refractivity contribution is 6.01. The van der Waals surface area contributed by atoms with Crippen molar-refractivity contribution in [2.24, 2.45) is 0 Å². The Morgan fingerprint density at radius 2 is 1.68 bits per heavy atom. The van der Waals surface area contributed by atoms with Crippen LogP contribution in [0.5, 0.6) is 11.5 Å². The van der Waals surface area contributed by atoms with Gasteiger partial charge in [0.15, 0.2) is 5.54 Å². The molecular formula is C31H31N3O4. The van der Waals surface area contributed by atoms with Crippen LogP contribution in [-0.4, -0.2) is 60.5 Å². The Hall–Kier alpha value is -4.26. The second kappa shape index (κ2) is 9.24. The van der Waals surface area contributed by atoms with Gasteiger partial charge < -0.3 is 24.3 Å². The highest BCUT2D eigenvalue weighted by Crippen LogP contribution is 2.49. The first-order valence-electron chi connectivity index (χ1n) is 12.9. The van der Waals surface area contributed by atoms with Crippen LogP contribution < -0.4 is 9.47 Å². The molecule has 1 fully saturated rings. The number of amides is 2. The number of H-pyrrole nitrogens is 1. The maximum atomic E-state index is 14.2. The minimum Gasteiger partial charge on any atom is -0.497 e. The molecule has 2 aliphatic rings. The van der Waals surface area contributed by atoms with Crippen LogP contribution in [-0.2, 0) is 21.5 Å². The Kier molecular flexibility index (Phi) is 5.86. The van der Waals surface area contributed by atoms with Gasteiger partial charge in [-0.3, -0.25) is 9.59 Å². The fraction of sp³-hybridized carbons (Fsp3) is 0.290. The number of aromatic nitrogens is 1. The van der Waals surface area contributed by atoms with E-state index in [0.29, 0.717) is 19.5 Å². The Balaban J connectivity index is 1.42. The van der Waals surface area contributed by atoms with Crippen LogP contribution in [0.4, 0.5) is 0 Å². The molecule has 194 valence electrons. The average Bonchev–Trinajstić information content (AvgIpc) is 3.35. The second-order valence-electron chi connectivity index (χ2n) is 10.2. The zero-order valence-electron chi connectivity index (χ0n) is 21.9. The van der Waals surface area contributed by atoms with E-state index in [2.05, 4.69) is 17.1 Å². The molecule has 0 bridgehead atoms. The number of nitrogens with one attached hydrogen (secondary N) is 1. The van der Waals surface area contributed by atoms with Crippen molar-refractivity contribution >= 4 is 22.7 Å². The number of piperazine rings is 1. The molecule has 0 aliphatic carbocycles. The lowest BCUT2D eigenvalue weighted by Crippen LogP contribution is -2.67. The van der Waals surface area contributed by atoms with Crippen LogP contribution in [0.15, 0.2) is 72.8 Å². The number of hydrogen-bond donors (Lipinski definition) is 1. The van der Waals surface area contributed by atoms with Crippen molar-refractivity contribution in [3.8, 4) is 11.5 Å². The standard InChI is InChI=1S/C31H31N3O4/c1-31-29-28(23-9-4-6-10-25(23)32-29)24(22-8-5-7-11-26(22)38-3)18-34(31)27(35)19-33(30(31)36)17-16-20-12-14-21(37-2)15-13-20/h4-15,24,32H,16-19H2,1-3H3. The van der Waals surface area contributed by atoms with Gasteiger partial charge in [0, 0.05) is 35.5 Å². The molecule has 1 saturated heterocycles. The first-order valence-corrected chi connectivity index (χ1v) is 12.9. The number of hydrogen-bond acceptors (Lipinski definition) is 4. The number of carbonyl (C=O) groups excluding carboxylic acids is 2. The summed E-state index contributed by atoms with van der Waals surface area (Å²) in [5.74, 6) is 1.32. The summed E-state index contributed by atoms with van der Waals surface area (Å²) in [6.07, 6.45) is 0.655. The third kappa shape index (κ3) is 3.64. The molecule has 1 N–H and O–H groups in total. The fourth-order valence-electron chi connectivity index (χ4n) is 6.15. The summed E-state index contributed by atoms with van der Waals surface area (Å²) in [7, 11) is 3.30. The normalized spacial score (nSPS) is 20.9.